The van der Waals surface area contributed by atoms with Gasteiger partial charge in [-0.25, -0.2) is 9.69 Å². The zero-order valence-corrected chi connectivity index (χ0v) is 15.0. The van der Waals surface area contributed by atoms with Crippen molar-refractivity contribution in [1.29, 1.82) is 0 Å². The number of imide groups is 2. The van der Waals surface area contributed by atoms with E-state index in [4.69, 9.17) is 9.47 Å². The smallest absolute Gasteiger partial charge is 0.335 e. The molecule has 29 heavy (non-hydrogen) atoms. The average molecular weight is 395 g/mol. The van der Waals surface area contributed by atoms with Crippen LogP contribution in [-0.2, 0) is 9.59 Å². The van der Waals surface area contributed by atoms with Crippen molar-refractivity contribution in [1.82, 2.24) is 5.32 Å². The zero-order valence-electron chi connectivity index (χ0n) is 15.0. The molecule has 2 aromatic rings. The Hall–Kier alpha value is -4.21. The first kappa shape index (κ1) is 18.2. The molecular weight excluding hydrogens is 382 g/mol. The Bertz CT molecular complexity index is 1120. The molecule has 1 N–H and O–H groups in total. The Morgan fingerprint density at radius 3 is 2.62 bits per heavy atom. The van der Waals surface area contributed by atoms with Gasteiger partial charge >= 0.3 is 6.03 Å². The van der Waals surface area contributed by atoms with E-state index in [1.807, 2.05) is 0 Å². The number of hydrogen-bond acceptors (Lipinski definition) is 7. The van der Waals surface area contributed by atoms with Gasteiger partial charge in [0.2, 0.25) is 6.79 Å². The van der Waals surface area contributed by atoms with E-state index in [1.54, 1.807) is 13.0 Å². The largest absolute Gasteiger partial charge is 0.454 e. The fourth-order valence-corrected chi connectivity index (χ4v) is 3.00. The van der Waals surface area contributed by atoms with E-state index >= 15 is 0 Å². The van der Waals surface area contributed by atoms with Gasteiger partial charge in [0, 0.05) is 17.7 Å². The molecule has 2 heterocycles. The molecule has 0 bridgehead atoms. The summed E-state index contributed by atoms with van der Waals surface area (Å²) >= 11 is 0. The van der Waals surface area contributed by atoms with Crippen molar-refractivity contribution in [2.24, 2.45) is 0 Å². The molecule has 0 aliphatic carbocycles. The minimum absolute atomic E-state index is 0.0226. The van der Waals surface area contributed by atoms with Gasteiger partial charge < -0.3 is 9.47 Å². The van der Waals surface area contributed by atoms with Gasteiger partial charge in [-0.2, -0.15) is 0 Å². The number of nitro benzene ring substituents is 1. The summed E-state index contributed by atoms with van der Waals surface area (Å²) in [5.74, 6) is -0.918. The first-order chi connectivity index (χ1) is 13.8. The quantitative estimate of drug-likeness (QED) is 0.365. The van der Waals surface area contributed by atoms with Gasteiger partial charge in [-0.15, -0.1) is 0 Å². The van der Waals surface area contributed by atoms with E-state index in [2.05, 4.69) is 5.32 Å². The van der Waals surface area contributed by atoms with Crippen molar-refractivity contribution >= 4 is 35.3 Å². The molecule has 4 amide bonds. The van der Waals surface area contributed by atoms with Crippen LogP contribution in [-0.4, -0.2) is 29.6 Å². The van der Waals surface area contributed by atoms with Crippen LogP contribution in [0.15, 0.2) is 42.0 Å². The van der Waals surface area contributed by atoms with Gasteiger partial charge in [0.05, 0.1) is 10.6 Å². The Morgan fingerprint density at radius 1 is 1.10 bits per heavy atom. The monoisotopic (exact) mass is 395 g/mol. The highest BCUT2D eigenvalue weighted by Gasteiger charge is 2.37. The maximum Gasteiger partial charge on any atom is 0.335 e. The van der Waals surface area contributed by atoms with Crippen molar-refractivity contribution in [3.8, 4) is 11.5 Å². The van der Waals surface area contributed by atoms with Crippen LogP contribution in [0.5, 0.6) is 11.5 Å². The molecule has 1 fully saturated rings. The predicted octanol–water partition coefficient (Wildman–Crippen LogP) is 2.30. The van der Waals surface area contributed by atoms with E-state index in [9.17, 15) is 24.5 Å². The summed E-state index contributed by atoms with van der Waals surface area (Å²) in [6.07, 6.45) is 1.20. The number of nitro groups is 1. The molecule has 0 atom stereocenters. The number of carbonyl (C=O) groups excluding carboxylic acids is 3. The molecule has 0 radical (unpaired) electrons. The first-order valence-corrected chi connectivity index (χ1v) is 8.41. The summed E-state index contributed by atoms with van der Waals surface area (Å²) in [6, 6.07) is 7.87. The maximum atomic E-state index is 12.9. The molecule has 10 nitrogen and oxygen atoms in total. The van der Waals surface area contributed by atoms with Crippen molar-refractivity contribution in [3.05, 3.63) is 63.2 Å². The molecule has 146 valence electrons. The van der Waals surface area contributed by atoms with Crippen molar-refractivity contribution < 1.29 is 28.8 Å². The predicted molar refractivity (Wildman–Crippen MR) is 99.4 cm³/mol. The van der Waals surface area contributed by atoms with Crippen LogP contribution >= 0.6 is 0 Å². The molecule has 1 saturated heterocycles. The second kappa shape index (κ2) is 6.75. The highest BCUT2D eigenvalue weighted by atomic mass is 16.7. The van der Waals surface area contributed by atoms with Crippen molar-refractivity contribution in [2.45, 2.75) is 6.92 Å². The summed E-state index contributed by atoms with van der Waals surface area (Å²) < 4.78 is 10.5. The maximum absolute atomic E-state index is 12.9. The normalized spacial score (nSPS) is 16.9. The standard InChI is InChI=1S/C19H13N3O7/c1-10-2-3-11(7-14(10)22(26)27)6-13-17(23)20-19(25)21(18(13)24)12-4-5-15-16(8-12)29-9-28-15/h2-8H,9H2,1H3,(H,20,23,25)/b13-6+. The summed E-state index contributed by atoms with van der Waals surface area (Å²) in [4.78, 5) is 48.8. The molecule has 2 aromatic carbocycles. The Labute approximate surface area is 163 Å². The number of barbiturate groups is 1. The van der Waals surface area contributed by atoms with E-state index in [0.29, 0.717) is 17.1 Å². The third-order valence-electron chi connectivity index (χ3n) is 4.46. The lowest BCUT2D eigenvalue weighted by molar-refractivity contribution is -0.385. The number of anilines is 1. The highest BCUT2D eigenvalue weighted by Crippen LogP contribution is 2.36. The zero-order chi connectivity index (χ0) is 20.7. The van der Waals surface area contributed by atoms with Crippen molar-refractivity contribution in [3.63, 3.8) is 0 Å². The summed E-state index contributed by atoms with van der Waals surface area (Å²) in [5.41, 5.74) is 0.423. The number of aryl methyl sites for hydroxylation is 1. The number of fused-ring (bicyclic) bond motifs is 1. The third-order valence-corrected chi connectivity index (χ3v) is 4.46. The second-order valence-corrected chi connectivity index (χ2v) is 6.30. The fraction of sp³-hybridized carbons (Fsp3) is 0.105. The lowest BCUT2D eigenvalue weighted by Gasteiger charge is -2.26. The molecule has 2 aliphatic rings. The van der Waals surface area contributed by atoms with Gasteiger partial charge in [0.25, 0.3) is 17.5 Å². The third kappa shape index (κ3) is 3.16. The molecule has 0 unspecified atom stereocenters. The molecule has 2 aliphatic heterocycles. The molecule has 0 saturated carbocycles. The molecule has 0 spiro atoms. The number of ether oxygens (including phenoxy) is 2. The summed E-state index contributed by atoms with van der Waals surface area (Å²) in [6.45, 7) is 1.60. The number of amides is 4. The number of urea groups is 1. The number of benzene rings is 2. The number of carbonyl (C=O) groups is 3. The van der Waals surface area contributed by atoms with Crippen LogP contribution in [0.3, 0.4) is 0 Å². The lowest BCUT2D eigenvalue weighted by Crippen LogP contribution is -2.54. The molecule has 10 heteroatoms. The second-order valence-electron chi connectivity index (χ2n) is 6.30. The Balaban J connectivity index is 1.73. The van der Waals surface area contributed by atoms with E-state index in [1.165, 1.54) is 36.4 Å². The topological polar surface area (TPSA) is 128 Å². The van der Waals surface area contributed by atoms with Crippen LogP contribution < -0.4 is 19.7 Å². The van der Waals surface area contributed by atoms with Crippen LogP contribution in [0.1, 0.15) is 11.1 Å². The SMILES string of the molecule is Cc1ccc(/C=C2\C(=O)NC(=O)N(c3ccc4c(c3)OCO4)C2=O)cc1[N+](=O)[O-]. The molecular formula is C19H13N3O7. The van der Waals surface area contributed by atoms with E-state index in [0.717, 1.165) is 4.90 Å². The van der Waals surface area contributed by atoms with Crippen LogP contribution in [0, 0.1) is 17.0 Å². The fourth-order valence-electron chi connectivity index (χ4n) is 3.00. The Morgan fingerprint density at radius 2 is 1.86 bits per heavy atom. The summed E-state index contributed by atoms with van der Waals surface area (Å²) in [7, 11) is 0. The van der Waals surface area contributed by atoms with Gasteiger partial charge in [0.15, 0.2) is 11.5 Å². The molecule has 0 aromatic heterocycles. The van der Waals surface area contributed by atoms with E-state index < -0.39 is 22.8 Å². The first-order valence-electron chi connectivity index (χ1n) is 8.41. The minimum Gasteiger partial charge on any atom is -0.454 e. The van der Waals surface area contributed by atoms with Crippen LogP contribution in [0.25, 0.3) is 6.08 Å². The number of rotatable bonds is 3. The number of nitrogens with zero attached hydrogens (tertiary/aromatic N) is 2. The average Bonchev–Trinajstić information content (AvgIpc) is 3.14. The highest BCUT2D eigenvalue weighted by molar-refractivity contribution is 6.39. The molecule has 4 rings (SSSR count). The minimum atomic E-state index is -0.911. The van der Waals surface area contributed by atoms with Crippen LogP contribution in [0.4, 0.5) is 16.2 Å². The number of hydrogen-bond donors (Lipinski definition) is 1. The summed E-state index contributed by atoms with van der Waals surface area (Å²) in [5, 5.41) is 13.2. The van der Waals surface area contributed by atoms with Gasteiger partial charge in [-0.05, 0) is 30.7 Å². The van der Waals surface area contributed by atoms with Crippen molar-refractivity contribution in [2.75, 3.05) is 11.7 Å². The van der Waals surface area contributed by atoms with Gasteiger partial charge in [0.1, 0.15) is 5.57 Å². The number of nitrogens with one attached hydrogen (secondary N) is 1. The lowest BCUT2D eigenvalue weighted by atomic mass is 10.0. The van der Waals surface area contributed by atoms with Gasteiger partial charge in [-0.1, -0.05) is 12.1 Å². The Kier molecular flexibility index (Phi) is 4.23. The van der Waals surface area contributed by atoms with E-state index in [-0.39, 0.29) is 29.3 Å². The van der Waals surface area contributed by atoms with Crippen LogP contribution in [0.2, 0.25) is 0 Å². The van der Waals surface area contributed by atoms with Gasteiger partial charge in [-0.3, -0.25) is 25.0 Å².